The van der Waals surface area contributed by atoms with Crippen LogP contribution in [0.25, 0.3) is 0 Å². The summed E-state index contributed by atoms with van der Waals surface area (Å²) in [6, 6.07) is 0. The van der Waals surface area contributed by atoms with Gasteiger partial charge in [0.1, 0.15) is 13.2 Å². The minimum atomic E-state index is -0.771. The highest BCUT2D eigenvalue weighted by Crippen LogP contribution is 2.19. The monoisotopic (exact) mass is 1140 g/mol. The molecule has 0 aromatic rings. The van der Waals surface area contributed by atoms with Gasteiger partial charge in [-0.05, 0) is 70.6 Å². The number of hydrogen-bond donors (Lipinski definition) is 0. The maximum absolute atomic E-state index is 12.9. The number of esters is 3. The summed E-state index contributed by atoms with van der Waals surface area (Å²) < 4.78 is 17.0. The molecule has 0 rings (SSSR count). The minimum Gasteiger partial charge on any atom is -0.462 e. The van der Waals surface area contributed by atoms with Gasteiger partial charge in [-0.15, -0.1) is 0 Å². The molecule has 0 aromatic carbocycles. The Balaban J connectivity index is 4.12. The van der Waals surface area contributed by atoms with E-state index < -0.39 is 6.10 Å². The Kier molecular flexibility index (Phi) is 68.5. The van der Waals surface area contributed by atoms with Crippen molar-refractivity contribution in [1.82, 2.24) is 0 Å². The number of rotatable bonds is 69. The van der Waals surface area contributed by atoms with Gasteiger partial charge in [-0.25, -0.2) is 0 Å². The summed E-state index contributed by atoms with van der Waals surface area (Å²) in [5, 5.41) is 0. The van der Waals surface area contributed by atoms with Gasteiger partial charge < -0.3 is 14.2 Å². The van der Waals surface area contributed by atoms with E-state index in [1.165, 1.54) is 315 Å². The van der Waals surface area contributed by atoms with Gasteiger partial charge in [-0.1, -0.05) is 353 Å². The smallest absolute Gasteiger partial charge is 0.306 e. The van der Waals surface area contributed by atoms with E-state index in [4.69, 9.17) is 14.2 Å². The molecular formula is C75H142O6. The molecule has 0 spiro atoms. The molecule has 0 saturated heterocycles. The zero-order chi connectivity index (χ0) is 58.5. The molecule has 6 nitrogen and oxygen atoms in total. The van der Waals surface area contributed by atoms with Crippen molar-refractivity contribution in [3.63, 3.8) is 0 Å². The van der Waals surface area contributed by atoms with Gasteiger partial charge in [0.25, 0.3) is 0 Å². The Labute approximate surface area is 506 Å². The van der Waals surface area contributed by atoms with Crippen molar-refractivity contribution < 1.29 is 28.6 Å². The highest BCUT2D eigenvalue weighted by Gasteiger charge is 2.20. The lowest BCUT2D eigenvalue weighted by atomic mass is 10.0. The predicted molar refractivity (Wildman–Crippen MR) is 353 cm³/mol. The standard InChI is InChI=1S/C75H142O6/c1-4-7-10-13-16-19-22-25-27-29-31-33-34-35-36-37-38-39-40-41-42-43-45-46-48-50-53-56-59-62-65-68-74(77)80-71-72(70-79-73(76)67-64-61-58-55-52-24-21-18-15-12-9-6-3)81-75(78)69-66-63-60-57-54-51-49-47-44-32-30-28-26-23-20-17-14-11-8-5-2/h18,21,29,31,72H,4-17,19-20,22-28,30,32-71H2,1-3H3/b21-18-,31-29-. The van der Waals surface area contributed by atoms with Gasteiger partial charge in [0.2, 0.25) is 0 Å². The van der Waals surface area contributed by atoms with Gasteiger partial charge in [0, 0.05) is 19.3 Å². The van der Waals surface area contributed by atoms with Gasteiger partial charge in [0.15, 0.2) is 6.10 Å². The molecule has 0 bridgehead atoms. The van der Waals surface area contributed by atoms with E-state index in [0.29, 0.717) is 19.3 Å². The van der Waals surface area contributed by atoms with Gasteiger partial charge in [0.05, 0.1) is 0 Å². The average molecular weight is 1140 g/mol. The summed E-state index contributed by atoms with van der Waals surface area (Å²) in [6.45, 7) is 6.69. The minimum absolute atomic E-state index is 0.0672. The summed E-state index contributed by atoms with van der Waals surface area (Å²) >= 11 is 0. The summed E-state index contributed by atoms with van der Waals surface area (Å²) in [6.07, 6.45) is 86.6. The Morgan fingerprint density at radius 3 is 0.642 bits per heavy atom. The van der Waals surface area contributed by atoms with Crippen molar-refractivity contribution in [3.05, 3.63) is 24.3 Å². The second-order valence-electron chi connectivity index (χ2n) is 25.2. The van der Waals surface area contributed by atoms with Gasteiger partial charge in [-0.3, -0.25) is 14.4 Å². The molecule has 0 saturated carbocycles. The van der Waals surface area contributed by atoms with Crippen LogP contribution < -0.4 is 0 Å². The van der Waals surface area contributed by atoms with Gasteiger partial charge >= 0.3 is 17.9 Å². The second-order valence-corrected chi connectivity index (χ2v) is 25.2. The van der Waals surface area contributed by atoms with Crippen molar-refractivity contribution in [1.29, 1.82) is 0 Å². The largest absolute Gasteiger partial charge is 0.462 e. The van der Waals surface area contributed by atoms with Crippen LogP contribution in [0, 0.1) is 0 Å². The zero-order valence-corrected chi connectivity index (χ0v) is 55.1. The van der Waals surface area contributed by atoms with E-state index in [1.807, 2.05) is 0 Å². The molecule has 0 N–H and O–H groups in total. The third-order valence-corrected chi connectivity index (χ3v) is 16.9. The SMILES string of the molecule is CCCCC/C=C\CCCCCCCC(=O)OCC(COC(=O)CCCCCCCCCCCCCCCCCCCCC/C=C\CCCCCCCCCC)OC(=O)CCCCCCCCCCCCCCCCCCCCCC. The molecule has 0 amide bonds. The maximum Gasteiger partial charge on any atom is 0.306 e. The number of carbonyl (C=O) groups is 3. The van der Waals surface area contributed by atoms with E-state index in [9.17, 15) is 14.4 Å². The third kappa shape index (κ3) is 68.6. The highest BCUT2D eigenvalue weighted by molar-refractivity contribution is 5.71. The number of ether oxygens (including phenoxy) is 3. The van der Waals surface area contributed by atoms with Crippen molar-refractivity contribution in [3.8, 4) is 0 Å². The first kappa shape index (κ1) is 78.9. The van der Waals surface area contributed by atoms with Crippen molar-refractivity contribution >= 4 is 17.9 Å². The Morgan fingerprint density at radius 1 is 0.235 bits per heavy atom. The molecule has 0 heterocycles. The van der Waals surface area contributed by atoms with Crippen LogP contribution in [0.5, 0.6) is 0 Å². The van der Waals surface area contributed by atoms with Crippen LogP contribution in [0.1, 0.15) is 419 Å². The quantitative estimate of drug-likeness (QED) is 0.0261. The number of allylic oxidation sites excluding steroid dienone is 4. The molecule has 0 aliphatic carbocycles. The lowest BCUT2D eigenvalue weighted by Crippen LogP contribution is -2.30. The maximum atomic E-state index is 12.9. The molecule has 0 aromatic heterocycles. The van der Waals surface area contributed by atoms with E-state index >= 15 is 0 Å². The van der Waals surface area contributed by atoms with Crippen LogP contribution in [0.2, 0.25) is 0 Å². The molecule has 478 valence electrons. The first-order valence-corrected chi connectivity index (χ1v) is 36.8. The molecule has 0 fully saturated rings. The summed E-state index contributed by atoms with van der Waals surface area (Å²) in [5.74, 6) is -0.844. The van der Waals surface area contributed by atoms with Crippen LogP contribution in [0.3, 0.4) is 0 Å². The normalized spacial score (nSPS) is 12.1. The molecule has 1 atom stereocenters. The van der Waals surface area contributed by atoms with Crippen LogP contribution in [0.4, 0.5) is 0 Å². The summed E-state index contributed by atoms with van der Waals surface area (Å²) in [4.78, 5) is 38.4. The van der Waals surface area contributed by atoms with Crippen molar-refractivity contribution in [2.45, 2.75) is 425 Å². The lowest BCUT2D eigenvalue weighted by Gasteiger charge is -2.18. The molecule has 1 unspecified atom stereocenters. The van der Waals surface area contributed by atoms with Crippen LogP contribution >= 0.6 is 0 Å². The molecular weight excluding hydrogens is 997 g/mol. The third-order valence-electron chi connectivity index (χ3n) is 16.9. The number of hydrogen-bond acceptors (Lipinski definition) is 6. The second kappa shape index (κ2) is 70.4. The van der Waals surface area contributed by atoms with E-state index in [1.54, 1.807) is 0 Å². The Bertz CT molecular complexity index is 1310. The first-order valence-electron chi connectivity index (χ1n) is 36.8. The summed E-state index contributed by atoms with van der Waals surface area (Å²) in [7, 11) is 0. The van der Waals surface area contributed by atoms with E-state index in [0.717, 1.165) is 64.2 Å². The molecule has 0 aliphatic rings. The molecule has 0 radical (unpaired) electrons. The Morgan fingerprint density at radius 2 is 0.407 bits per heavy atom. The fourth-order valence-electron chi connectivity index (χ4n) is 11.4. The topological polar surface area (TPSA) is 78.9 Å². The number of unbranched alkanes of at least 4 members (excludes halogenated alkanes) is 54. The number of carbonyl (C=O) groups excluding carboxylic acids is 3. The Hall–Kier alpha value is -2.11. The summed E-state index contributed by atoms with van der Waals surface area (Å²) in [5.41, 5.74) is 0. The van der Waals surface area contributed by atoms with Crippen LogP contribution in [0.15, 0.2) is 24.3 Å². The fraction of sp³-hybridized carbons (Fsp3) is 0.907. The zero-order valence-electron chi connectivity index (χ0n) is 55.1. The van der Waals surface area contributed by atoms with Crippen molar-refractivity contribution in [2.24, 2.45) is 0 Å². The molecule has 0 aliphatic heterocycles. The predicted octanol–water partition coefficient (Wildman–Crippen LogP) is 25.3. The van der Waals surface area contributed by atoms with Crippen LogP contribution in [-0.2, 0) is 28.6 Å². The average Bonchev–Trinajstić information content (AvgIpc) is 3.47. The fourth-order valence-corrected chi connectivity index (χ4v) is 11.4. The molecule has 6 heteroatoms. The first-order chi connectivity index (χ1) is 40.0. The lowest BCUT2D eigenvalue weighted by molar-refractivity contribution is -0.167. The van der Waals surface area contributed by atoms with Crippen LogP contribution in [-0.4, -0.2) is 37.2 Å². The molecule has 81 heavy (non-hydrogen) atoms. The van der Waals surface area contributed by atoms with E-state index in [2.05, 4.69) is 45.1 Å². The van der Waals surface area contributed by atoms with Gasteiger partial charge in [-0.2, -0.15) is 0 Å². The van der Waals surface area contributed by atoms with Crippen molar-refractivity contribution in [2.75, 3.05) is 13.2 Å². The highest BCUT2D eigenvalue weighted by atomic mass is 16.6. The van der Waals surface area contributed by atoms with E-state index in [-0.39, 0.29) is 31.1 Å².